The van der Waals surface area contributed by atoms with Crippen molar-refractivity contribution in [2.75, 3.05) is 5.75 Å². The van der Waals surface area contributed by atoms with E-state index < -0.39 is 0 Å². The Bertz CT molecular complexity index is 733. The first kappa shape index (κ1) is 12.4. The summed E-state index contributed by atoms with van der Waals surface area (Å²) in [7, 11) is 0. The number of para-hydroxylation sites is 1. The van der Waals surface area contributed by atoms with E-state index in [0.29, 0.717) is 5.92 Å². The van der Waals surface area contributed by atoms with Gasteiger partial charge in [0.15, 0.2) is 5.65 Å². The summed E-state index contributed by atoms with van der Waals surface area (Å²) in [6.45, 7) is 6.45. The number of benzene rings is 1. The van der Waals surface area contributed by atoms with Crippen molar-refractivity contribution in [3.63, 3.8) is 0 Å². The van der Waals surface area contributed by atoms with Crippen LogP contribution in [0, 0.1) is 12.8 Å². The number of rotatable bonds is 3. The molecule has 3 aromatic rings. The first-order chi connectivity index (χ1) is 9.15. The number of nitrogens with one attached hydrogen (secondary N) is 1. The van der Waals surface area contributed by atoms with Crippen LogP contribution in [0.15, 0.2) is 23.4 Å². The summed E-state index contributed by atoms with van der Waals surface area (Å²) < 4.78 is 0. The molecule has 0 aliphatic rings. The summed E-state index contributed by atoms with van der Waals surface area (Å²) >= 11 is 1.65. The van der Waals surface area contributed by atoms with Crippen molar-refractivity contribution in [3.05, 3.63) is 23.8 Å². The third-order valence-electron chi connectivity index (χ3n) is 2.98. The molecular weight excluding hydrogens is 256 g/mol. The molecule has 0 amide bonds. The van der Waals surface area contributed by atoms with Gasteiger partial charge in [0.2, 0.25) is 5.16 Å². The molecule has 0 radical (unpaired) electrons. The molecule has 0 aliphatic carbocycles. The summed E-state index contributed by atoms with van der Waals surface area (Å²) in [6.07, 6.45) is 0. The van der Waals surface area contributed by atoms with Crippen LogP contribution in [0.3, 0.4) is 0 Å². The maximum Gasteiger partial charge on any atom is 0.211 e. The molecule has 2 aromatic heterocycles. The van der Waals surface area contributed by atoms with Crippen molar-refractivity contribution in [1.29, 1.82) is 0 Å². The molecule has 0 unspecified atom stereocenters. The average Bonchev–Trinajstić information content (AvgIpc) is 2.76. The normalized spacial score (nSPS) is 11.8. The quantitative estimate of drug-likeness (QED) is 0.741. The van der Waals surface area contributed by atoms with Gasteiger partial charge in [-0.2, -0.15) is 0 Å². The fraction of sp³-hybridized carbons (Fsp3) is 0.357. The van der Waals surface area contributed by atoms with Crippen molar-refractivity contribution >= 4 is 33.8 Å². The Morgan fingerprint density at radius 1 is 1.26 bits per heavy atom. The van der Waals surface area contributed by atoms with Crippen molar-refractivity contribution in [1.82, 2.24) is 20.2 Å². The number of thioether (sulfide) groups is 1. The second-order valence-corrected chi connectivity index (χ2v) is 6.11. The van der Waals surface area contributed by atoms with Gasteiger partial charge in [0, 0.05) is 11.1 Å². The van der Waals surface area contributed by atoms with Crippen LogP contribution in [0.4, 0.5) is 0 Å². The highest BCUT2D eigenvalue weighted by atomic mass is 32.2. The Kier molecular flexibility index (Phi) is 3.14. The molecule has 98 valence electrons. The zero-order valence-corrected chi connectivity index (χ0v) is 12.1. The third kappa shape index (κ3) is 2.30. The molecule has 0 bridgehead atoms. The van der Waals surface area contributed by atoms with Crippen LogP contribution in [0.1, 0.15) is 19.4 Å². The van der Waals surface area contributed by atoms with Gasteiger partial charge in [-0.05, 0) is 18.4 Å². The molecular formula is C14H16N4S. The first-order valence-corrected chi connectivity index (χ1v) is 7.38. The van der Waals surface area contributed by atoms with E-state index in [0.717, 1.165) is 33.0 Å². The standard InChI is InChI=1S/C14H16N4S/c1-8(2)7-19-14-16-13-12(17-18-14)10-6-4-5-9(3)11(10)15-13/h4-6,8H,7H2,1-3H3,(H,15,16,18). The fourth-order valence-corrected chi connectivity index (χ4v) is 2.77. The van der Waals surface area contributed by atoms with Crippen LogP contribution in [0.25, 0.3) is 22.1 Å². The first-order valence-electron chi connectivity index (χ1n) is 6.39. The van der Waals surface area contributed by atoms with E-state index in [4.69, 9.17) is 0 Å². The van der Waals surface area contributed by atoms with Gasteiger partial charge in [-0.1, -0.05) is 43.8 Å². The highest BCUT2D eigenvalue weighted by molar-refractivity contribution is 7.99. The molecule has 0 fully saturated rings. The summed E-state index contributed by atoms with van der Waals surface area (Å²) in [5, 5.41) is 10.4. The zero-order chi connectivity index (χ0) is 13.4. The van der Waals surface area contributed by atoms with E-state index in [9.17, 15) is 0 Å². The SMILES string of the molecule is Cc1cccc2c1[nH]c1nc(SCC(C)C)nnc12. The van der Waals surface area contributed by atoms with Gasteiger partial charge < -0.3 is 4.98 Å². The minimum atomic E-state index is 0.620. The Labute approximate surface area is 116 Å². The van der Waals surface area contributed by atoms with E-state index in [2.05, 4.69) is 53.1 Å². The topological polar surface area (TPSA) is 54.5 Å². The van der Waals surface area contributed by atoms with Crippen LogP contribution < -0.4 is 0 Å². The molecule has 0 spiro atoms. The second kappa shape index (κ2) is 4.81. The average molecular weight is 272 g/mol. The van der Waals surface area contributed by atoms with E-state index in [1.54, 1.807) is 11.8 Å². The Morgan fingerprint density at radius 3 is 2.89 bits per heavy atom. The monoisotopic (exact) mass is 272 g/mol. The van der Waals surface area contributed by atoms with Crippen LogP contribution in [0.2, 0.25) is 0 Å². The predicted octanol–water partition coefficient (Wildman–Crippen LogP) is 3.56. The molecule has 19 heavy (non-hydrogen) atoms. The second-order valence-electron chi connectivity index (χ2n) is 5.12. The minimum Gasteiger partial charge on any atom is -0.337 e. The highest BCUT2D eigenvalue weighted by Gasteiger charge is 2.10. The molecule has 3 rings (SSSR count). The molecule has 0 saturated heterocycles. The Hall–Kier alpha value is -1.62. The lowest BCUT2D eigenvalue weighted by Gasteiger charge is -2.01. The number of fused-ring (bicyclic) bond motifs is 3. The molecule has 0 atom stereocenters. The fourth-order valence-electron chi connectivity index (χ4n) is 2.03. The molecule has 5 heteroatoms. The van der Waals surface area contributed by atoms with Gasteiger partial charge in [-0.3, -0.25) is 0 Å². The van der Waals surface area contributed by atoms with Gasteiger partial charge in [-0.25, -0.2) is 4.98 Å². The molecule has 1 aromatic carbocycles. The number of aromatic nitrogens is 4. The smallest absolute Gasteiger partial charge is 0.211 e. The zero-order valence-electron chi connectivity index (χ0n) is 11.3. The minimum absolute atomic E-state index is 0.620. The number of aryl methyl sites for hydroxylation is 1. The van der Waals surface area contributed by atoms with Crippen molar-refractivity contribution in [2.24, 2.45) is 5.92 Å². The van der Waals surface area contributed by atoms with Gasteiger partial charge in [0.05, 0.1) is 5.52 Å². The Balaban J connectivity index is 2.08. The van der Waals surface area contributed by atoms with Crippen molar-refractivity contribution in [2.45, 2.75) is 25.9 Å². The van der Waals surface area contributed by atoms with E-state index in [-0.39, 0.29) is 0 Å². The largest absolute Gasteiger partial charge is 0.337 e. The Morgan fingerprint density at radius 2 is 2.11 bits per heavy atom. The van der Waals surface area contributed by atoms with Crippen molar-refractivity contribution < 1.29 is 0 Å². The lowest BCUT2D eigenvalue weighted by atomic mass is 10.1. The highest BCUT2D eigenvalue weighted by Crippen LogP contribution is 2.25. The van der Waals surface area contributed by atoms with Crippen LogP contribution in [-0.4, -0.2) is 25.9 Å². The summed E-state index contributed by atoms with van der Waals surface area (Å²) in [4.78, 5) is 7.91. The number of H-pyrrole nitrogens is 1. The number of aromatic amines is 1. The van der Waals surface area contributed by atoms with Gasteiger partial charge in [0.1, 0.15) is 5.52 Å². The van der Waals surface area contributed by atoms with E-state index in [1.807, 2.05) is 6.07 Å². The lowest BCUT2D eigenvalue weighted by molar-refractivity contribution is 0.746. The van der Waals surface area contributed by atoms with E-state index in [1.165, 1.54) is 5.56 Å². The molecule has 0 aliphatic heterocycles. The van der Waals surface area contributed by atoms with E-state index >= 15 is 0 Å². The van der Waals surface area contributed by atoms with Crippen molar-refractivity contribution in [3.8, 4) is 0 Å². The summed E-state index contributed by atoms with van der Waals surface area (Å²) in [6, 6.07) is 6.17. The summed E-state index contributed by atoms with van der Waals surface area (Å²) in [5.41, 5.74) is 3.98. The lowest BCUT2D eigenvalue weighted by Crippen LogP contribution is -1.95. The van der Waals surface area contributed by atoms with Crippen LogP contribution >= 0.6 is 11.8 Å². The summed E-state index contributed by atoms with van der Waals surface area (Å²) in [5.74, 6) is 1.63. The van der Waals surface area contributed by atoms with Gasteiger partial charge in [-0.15, -0.1) is 10.2 Å². The molecule has 0 saturated carbocycles. The molecule has 1 N–H and O–H groups in total. The maximum atomic E-state index is 4.56. The van der Waals surface area contributed by atoms with Crippen LogP contribution in [-0.2, 0) is 0 Å². The predicted molar refractivity (Wildman–Crippen MR) is 79.5 cm³/mol. The van der Waals surface area contributed by atoms with Gasteiger partial charge >= 0.3 is 0 Å². The number of nitrogens with zero attached hydrogens (tertiary/aromatic N) is 3. The molecule has 4 nitrogen and oxygen atoms in total. The number of hydrogen-bond donors (Lipinski definition) is 1. The number of hydrogen-bond acceptors (Lipinski definition) is 4. The van der Waals surface area contributed by atoms with Crippen LogP contribution in [0.5, 0.6) is 0 Å². The third-order valence-corrected chi connectivity index (χ3v) is 4.25. The molecule has 2 heterocycles. The van der Waals surface area contributed by atoms with Gasteiger partial charge in [0.25, 0.3) is 0 Å². The maximum absolute atomic E-state index is 4.56.